The van der Waals surface area contributed by atoms with Gasteiger partial charge in [-0.25, -0.2) is 0 Å². The summed E-state index contributed by atoms with van der Waals surface area (Å²) in [6.45, 7) is 1.82. The fourth-order valence-electron chi connectivity index (χ4n) is 1.58. The van der Waals surface area contributed by atoms with Gasteiger partial charge in [-0.3, -0.25) is 14.4 Å². The van der Waals surface area contributed by atoms with Crippen molar-refractivity contribution in [2.45, 2.75) is 6.92 Å². The first-order valence-corrected chi connectivity index (χ1v) is 6.35. The van der Waals surface area contributed by atoms with Crippen LogP contribution in [0.2, 0.25) is 0 Å². The summed E-state index contributed by atoms with van der Waals surface area (Å²) < 4.78 is 9.64. The molecule has 0 saturated carbocycles. The molecule has 1 rings (SSSR count). The Morgan fingerprint density at radius 3 is 2.29 bits per heavy atom. The number of nitrogens with zero attached hydrogens (tertiary/aromatic N) is 1. The second kappa shape index (κ2) is 7.88. The number of carbonyl (C=O) groups is 3. The fraction of sp³-hybridized carbons (Fsp3) is 0.357. The van der Waals surface area contributed by atoms with E-state index in [9.17, 15) is 14.4 Å². The zero-order chi connectivity index (χ0) is 15.8. The molecule has 2 amide bonds. The van der Waals surface area contributed by atoms with E-state index in [0.29, 0.717) is 17.9 Å². The van der Waals surface area contributed by atoms with Crippen molar-refractivity contribution in [2.75, 3.05) is 26.8 Å². The number of nitrogens with two attached hydrogens (primary N) is 1. The monoisotopic (exact) mass is 294 g/mol. The van der Waals surface area contributed by atoms with Crippen molar-refractivity contribution in [1.82, 2.24) is 4.90 Å². The quantitative estimate of drug-likeness (QED) is 0.723. The third kappa shape index (κ3) is 5.13. The predicted octanol–water partition coefficient (Wildman–Crippen LogP) is 0.186. The van der Waals surface area contributed by atoms with Gasteiger partial charge >= 0.3 is 5.97 Å². The molecule has 0 aliphatic heterocycles. The molecule has 0 aliphatic carbocycles. The van der Waals surface area contributed by atoms with Gasteiger partial charge in [0.2, 0.25) is 0 Å². The number of carbonyl (C=O) groups excluding carboxylic acids is 3. The minimum absolute atomic E-state index is 0.105. The molecule has 0 aliphatic rings. The maximum absolute atomic E-state index is 12.2. The Hall–Kier alpha value is -2.57. The average Bonchev–Trinajstić information content (AvgIpc) is 2.50. The number of amides is 2. The molecule has 7 heteroatoms. The van der Waals surface area contributed by atoms with Gasteiger partial charge in [-0.05, 0) is 31.2 Å². The third-order valence-corrected chi connectivity index (χ3v) is 2.70. The molecule has 2 N–H and O–H groups in total. The molecule has 0 fully saturated rings. The van der Waals surface area contributed by atoms with Crippen LogP contribution >= 0.6 is 0 Å². The van der Waals surface area contributed by atoms with E-state index in [2.05, 4.69) is 4.74 Å². The fourth-order valence-corrected chi connectivity index (χ4v) is 1.58. The van der Waals surface area contributed by atoms with Crippen LogP contribution in [0.5, 0.6) is 5.75 Å². The highest BCUT2D eigenvalue weighted by molar-refractivity contribution is 5.96. The van der Waals surface area contributed by atoms with Crippen molar-refractivity contribution in [3.63, 3.8) is 0 Å². The van der Waals surface area contributed by atoms with Gasteiger partial charge in [-0.15, -0.1) is 0 Å². The van der Waals surface area contributed by atoms with E-state index in [1.54, 1.807) is 31.2 Å². The van der Waals surface area contributed by atoms with Crippen LogP contribution in [-0.2, 0) is 14.3 Å². The Bertz CT molecular complexity index is 513. The summed E-state index contributed by atoms with van der Waals surface area (Å²) in [7, 11) is 1.27. The van der Waals surface area contributed by atoms with E-state index in [0.717, 1.165) is 0 Å². The number of ether oxygens (including phenoxy) is 2. The molecule has 114 valence electrons. The topological polar surface area (TPSA) is 98.9 Å². The number of methoxy groups -OCH3 is 1. The minimum Gasteiger partial charge on any atom is -0.484 e. The van der Waals surface area contributed by atoms with E-state index >= 15 is 0 Å². The molecular weight excluding hydrogens is 276 g/mol. The summed E-state index contributed by atoms with van der Waals surface area (Å²) in [5, 5.41) is 0. The lowest BCUT2D eigenvalue weighted by atomic mass is 10.2. The van der Waals surface area contributed by atoms with Crippen LogP contribution in [-0.4, -0.2) is 49.5 Å². The summed E-state index contributed by atoms with van der Waals surface area (Å²) in [5.74, 6) is -0.914. The van der Waals surface area contributed by atoms with Crippen LogP contribution in [0.3, 0.4) is 0 Å². The maximum Gasteiger partial charge on any atom is 0.325 e. The molecule has 0 radical (unpaired) electrons. The van der Waals surface area contributed by atoms with Crippen LogP contribution in [0.1, 0.15) is 17.3 Å². The van der Waals surface area contributed by atoms with Gasteiger partial charge in [0, 0.05) is 12.1 Å². The number of primary amides is 1. The number of esters is 1. The van der Waals surface area contributed by atoms with E-state index < -0.39 is 11.9 Å². The van der Waals surface area contributed by atoms with Crippen molar-refractivity contribution in [2.24, 2.45) is 5.73 Å². The van der Waals surface area contributed by atoms with Crippen molar-refractivity contribution in [3.8, 4) is 5.75 Å². The summed E-state index contributed by atoms with van der Waals surface area (Å²) in [6, 6.07) is 6.22. The Labute approximate surface area is 122 Å². The largest absolute Gasteiger partial charge is 0.484 e. The zero-order valence-electron chi connectivity index (χ0n) is 12.0. The molecule has 0 bridgehead atoms. The molecule has 0 saturated heterocycles. The molecule has 0 atom stereocenters. The first-order chi connectivity index (χ1) is 9.97. The Morgan fingerprint density at radius 2 is 1.81 bits per heavy atom. The van der Waals surface area contributed by atoms with Crippen LogP contribution in [0, 0.1) is 0 Å². The normalized spacial score (nSPS) is 9.81. The van der Waals surface area contributed by atoms with Crippen LogP contribution in [0.4, 0.5) is 0 Å². The second-order valence-electron chi connectivity index (χ2n) is 4.17. The maximum atomic E-state index is 12.2. The molecule has 0 spiro atoms. The van der Waals surface area contributed by atoms with Gasteiger partial charge < -0.3 is 20.1 Å². The SMILES string of the molecule is CCN(CC(=O)OC)C(=O)c1ccc(OCC(N)=O)cc1. The molecule has 0 unspecified atom stereocenters. The lowest BCUT2D eigenvalue weighted by Crippen LogP contribution is -2.36. The first kappa shape index (κ1) is 16.5. The summed E-state index contributed by atoms with van der Waals surface area (Å²) in [5.41, 5.74) is 5.38. The Kier molecular flexibility index (Phi) is 6.19. The molecule has 21 heavy (non-hydrogen) atoms. The minimum atomic E-state index is -0.578. The molecule has 1 aromatic rings. The molecule has 0 heterocycles. The van der Waals surface area contributed by atoms with E-state index in [-0.39, 0.29) is 19.1 Å². The van der Waals surface area contributed by atoms with Crippen LogP contribution in [0.15, 0.2) is 24.3 Å². The van der Waals surface area contributed by atoms with Gasteiger partial charge in [-0.1, -0.05) is 0 Å². The second-order valence-corrected chi connectivity index (χ2v) is 4.17. The predicted molar refractivity (Wildman–Crippen MR) is 74.7 cm³/mol. The van der Waals surface area contributed by atoms with Gasteiger partial charge in [0.05, 0.1) is 7.11 Å². The number of likely N-dealkylation sites (N-methyl/N-ethyl adjacent to an activating group) is 1. The number of hydrogen-bond donors (Lipinski definition) is 1. The third-order valence-electron chi connectivity index (χ3n) is 2.70. The number of rotatable bonds is 7. The summed E-state index contributed by atoms with van der Waals surface area (Å²) in [6.07, 6.45) is 0. The van der Waals surface area contributed by atoms with Gasteiger partial charge in [0.15, 0.2) is 6.61 Å². The van der Waals surface area contributed by atoms with Gasteiger partial charge in [-0.2, -0.15) is 0 Å². The Balaban J connectivity index is 2.72. The van der Waals surface area contributed by atoms with Gasteiger partial charge in [0.25, 0.3) is 11.8 Å². The highest BCUT2D eigenvalue weighted by Gasteiger charge is 2.17. The summed E-state index contributed by atoms with van der Waals surface area (Å²) in [4.78, 5) is 35.4. The molecule has 7 nitrogen and oxygen atoms in total. The van der Waals surface area contributed by atoms with E-state index in [1.807, 2.05) is 0 Å². The van der Waals surface area contributed by atoms with E-state index in [4.69, 9.17) is 10.5 Å². The van der Waals surface area contributed by atoms with Crippen molar-refractivity contribution in [1.29, 1.82) is 0 Å². The lowest BCUT2D eigenvalue weighted by molar-refractivity contribution is -0.141. The molecular formula is C14H18N2O5. The zero-order valence-corrected chi connectivity index (χ0v) is 12.0. The van der Waals surface area contributed by atoms with Crippen molar-refractivity contribution < 1.29 is 23.9 Å². The standard InChI is InChI=1S/C14H18N2O5/c1-3-16(8-13(18)20-2)14(19)10-4-6-11(7-5-10)21-9-12(15)17/h4-7H,3,8-9H2,1-2H3,(H2,15,17). The highest BCUT2D eigenvalue weighted by Crippen LogP contribution is 2.13. The smallest absolute Gasteiger partial charge is 0.325 e. The van der Waals surface area contributed by atoms with E-state index in [1.165, 1.54) is 12.0 Å². The van der Waals surface area contributed by atoms with Gasteiger partial charge in [0.1, 0.15) is 12.3 Å². The van der Waals surface area contributed by atoms with Crippen molar-refractivity contribution in [3.05, 3.63) is 29.8 Å². The van der Waals surface area contributed by atoms with Crippen molar-refractivity contribution >= 4 is 17.8 Å². The average molecular weight is 294 g/mol. The molecule has 0 aromatic heterocycles. The van der Waals surface area contributed by atoms with Crippen LogP contribution in [0.25, 0.3) is 0 Å². The molecule has 1 aromatic carbocycles. The number of hydrogen-bond acceptors (Lipinski definition) is 5. The highest BCUT2D eigenvalue weighted by atomic mass is 16.5. The van der Waals surface area contributed by atoms with Crippen LogP contribution < -0.4 is 10.5 Å². The lowest BCUT2D eigenvalue weighted by Gasteiger charge is -2.19. The number of benzene rings is 1. The summed E-state index contributed by atoms with van der Waals surface area (Å²) >= 11 is 0. The Morgan fingerprint density at radius 1 is 1.19 bits per heavy atom. The first-order valence-electron chi connectivity index (χ1n) is 6.35.